The third-order valence-electron chi connectivity index (χ3n) is 4.41. The Bertz CT molecular complexity index is 654. The average molecular weight is 328 g/mol. The van der Waals surface area contributed by atoms with Crippen molar-refractivity contribution in [2.75, 3.05) is 33.4 Å². The lowest BCUT2D eigenvalue weighted by Gasteiger charge is -2.15. The summed E-state index contributed by atoms with van der Waals surface area (Å²) in [6.45, 7) is 3.80. The molecule has 1 aliphatic rings. The maximum atomic E-state index is 12.3. The minimum absolute atomic E-state index is 0.0606. The van der Waals surface area contributed by atoms with Crippen LogP contribution in [-0.2, 0) is 16.1 Å². The molecule has 1 atom stereocenters. The van der Waals surface area contributed by atoms with Gasteiger partial charge in [-0.3, -0.25) is 4.79 Å². The minimum Gasteiger partial charge on any atom is -0.459 e. The molecule has 3 rings (SSSR count). The van der Waals surface area contributed by atoms with Crippen LogP contribution in [0.15, 0.2) is 46.9 Å². The quantitative estimate of drug-likeness (QED) is 0.848. The molecular formula is C19H24N2O3. The maximum Gasteiger partial charge on any atom is 0.224 e. The molecule has 0 radical (unpaired) electrons. The summed E-state index contributed by atoms with van der Waals surface area (Å²) in [7, 11) is 1.70. The van der Waals surface area contributed by atoms with Gasteiger partial charge in [0, 0.05) is 25.8 Å². The van der Waals surface area contributed by atoms with Gasteiger partial charge in [0.1, 0.15) is 11.5 Å². The Kier molecular flexibility index (Phi) is 5.67. The number of furan rings is 1. The van der Waals surface area contributed by atoms with Crippen LogP contribution in [0.2, 0.25) is 0 Å². The van der Waals surface area contributed by atoms with Gasteiger partial charge < -0.3 is 19.4 Å². The first-order chi connectivity index (χ1) is 11.8. The Morgan fingerprint density at radius 2 is 2.12 bits per heavy atom. The highest BCUT2D eigenvalue weighted by Crippen LogP contribution is 2.22. The molecule has 0 saturated carbocycles. The van der Waals surface area contributed by atoms with Crippen molar-refractivity contribution < 1.29 is 13.9 Å². The van der Waals surface area contributed by atoms with E-state index in [0.717, 1.165) is 43.1 Å². The molecule has 1 N–H and O–H groups in total. The van der Waals surface area contributed by atoms with Gasteiger partial charge >= 0.3 is 0 Å². The van der Waals surface area contributed by atoms with Crippen molar-refractivity contribution in [1.29, 1.82) is 0 Å². The van der Waals surface area contributed by atoms with Gasteiger partial charge in [-0.2, -0.15) is 0 Å². The monoisotopic (exact) mass is 328 g/mol. The van der Waals surface area contributed by atoms with Crippen molar-refractivity contribution >= 4 is 5.91 Å². The summed E-state index contributed by atoms with van der Waals surface area (Å²) in [4.78, 5) is 14.6. The van der Waals surface area contributed by atoms with Gasteiger partial charge in [-0.05, 0) is 25.1 Å². The maximum absolute atomic E-state index is 12.3. The second kappa shape index (κ2) is 8.13. The third-order valence-corrected chi connectivity index (χ3v) is 4.41. The number of nitrogens with one attached hydrogen (secondary N) is 1. The highest BCUT2D eigenvalue weighted by atomic mass is 16.5. The highest BCUT2D eigenvalue weighted by molar-refractivity contribution is 5.79. The lowest BCUT2D eigenvalue weighted by Crippen LogP contribution is -2.33. The number of hydrogen-bond acceptors (Lipinski definition) is 4. The van der Waals surface area contributed by atoms with Crippen molar-refractivity contribution in [3.63, 3.8) is 0 Å². The van der Waals surface area contributed by atoms with Crippen LogP contribution in [0.3, 0.4) is 0 Å². The first-order valence-corrected chi connectivity index (χ1v) is 8.39. The fourth-order valence-corrected chi connectivity index (χ4v) is 3.02. The summed E-state index contributed by atoms with van der Waals surface area (Å²) >= 11 is 0. The molecule has 0 unspecified atom stereocenters. The summed E-state index contributed by atoms with van der Waals surface area (Å²) in [5.74, 6) is 1.76. The molecule has 1 fully saturated rings. The van der Waals surface area contributed by atoms with Crippen LogP contribution in [0.25, 0.3) is 11.3 Å². The SMILES string of the molecule is COCCN1CC[C@H](C(=O)NCc2ccc(-c3ccccc3)o2)C1. The number of likely N-dealkylation sites (tertiary alicyclic amines) is 1. The predicted molar refractivity (Wildman–Crippen MR) is 92.4 cm³/mol. The van der Waals surface area contributed by atoms with E-state index in [1.54, 1.807) is 7.11 Å². The second-order valence-electron chi connectivity index (χ2n) is 6.13. The standard InChI is InChI=1S/C19H24N2O3/c1-23-12-11-21-10-9-16(14-21)19(22)20-13-17-7-8-18(24-17)15-5-3-2-4-6-15/h2-8,16H,9-14H2,1H3,(H,20,22)/t16-/m0/s1. The van der Waals surface area contributed by atoms with Crippen molar-refractivity contribution in [2.45, 2.75) is 13.0 Å². The van der Waals surface area contributed by atoms with Crippen LogP contribution in [0, 0.1) is 5.92 Å². The number of ether oxygens (including phenoxy) is 1. The number of hydrogen-bond donors (Lipinski definition) is 1. The number of carbonyl (C=O) groups is 1. The molecule has 2 heterocycles. The smallest absolute Gasteiger partial charge is 0.224 e. The molecule has 1 aromatic carbocycles. The van der Waals surface area contributed by atoms with Gasteiger partial charge in [0.25, 0.3) is 0 Å². The molecular weight excluding hydrogens is 304 g/mol. The van der Waals surface area contributed by atoms with E-state index in [1.807, 2.05) is 42.5 Å². The number of benzene rings is 1. The number of nitrogens with zero attached hydrogens (tertiary/aromatic N) is 1. The Morgan fingerprint density at radius 1 is 1.29 bits per heavy atom. The van der Waals surface area contributed by atoms with E-state index in [2.05, 4.69) is 10.2 Å². The van der Waals surface area contributed by atoms with Crippen LogP contribution < -0.4 is 5.32 Å². The number of rotatable bonds is 7. The fourth-order valence-electron chi connectivity index (χ4n) is 3.02. The van der Waals surface area contributed by atoms with Gasteiger partial charge in [-0.15, -0.1) is 0 Å². The highest BCUT2D eigenvalue weighted by Gasteiger charge is 2.27. The summed E-state index contributed by atoms with van der Waals surface area (Å²) in [5.41, 5.74) is 1.04. The van der Waals surface area contributed by atoms with E-state index in [1.165, 1.54) is 0 Å². The van der Waals surface area contributed by atoms with Gasteiger partial charge in [0.15, 0.2) is 0 Å². The molecule has 1 aliphatic heterocycles. The molecule has 2 aromatic rings. The second-order valence-corrected chi connectivity index (χ2v) is 6.13. The molecule has 1 aromatic heterocycles. The van der Waals surface area contributed by atoms with Crippen molar-refractivity contribution in [3.8, 4) is 11.3 Å². The summed E-state index contributed by atoms with van der Waals surface area (Å²) in [5, 5.41) is 2.99. The Hall–Kier alpha value is -2.11. The molecule has 1 saturated heterocycles. The number of methoxy groups -OCH3 is 1. The largest absolute Gasteiger partial charge is 0.459 e. The van der Waals surface area contributed by atoms with E-state index in [-0.39, 0.29) is 11.8 Å². The fraction of sp³-hybridized carbons (Fsp3) is 0.421. The number of amides is 1. The van der Waals surface area contributed by atoms with Gasteiger partial charge in [0.2, 0.25) is 5.91 Å². The Balaban J connectivity index is 1.48. The van der Waals surface area contributed by atoms with Crippen molar-refractivity contribution in [2.24, 2.45) is 5.92 Å². The minimum atomic E-state index is 0.0606. The normalized spacial score (nSPS) is 18.0. The summed E-state index contributed by atoms with van der Waals surface area (Å²) in [6, 6.07) is 13.8. The lowest BCUT2D eigenvalue weighted by molar-refractivity contribution is -0.124. The van der Waals surface area contributed by atoms with Gasteiger partial charge in [0.05, 0.1) is 19.1 Å². The zero-order chi connectivity index (χ0) is 16.8. The summed E-state index contributed by atoms with van der Waals surface area (Å²) in [6.07, 6.45) is 0.906. The average Bonchev–Trinajstić information content (AvgIpc) is 3.28. The molecule has 5 heteroatoms. The zero-order valence-corrected chi connectivity index (χ0v) is 14.0. The van der Waals surface area contributed by atoms with E-state index in [4.69, 9.17) is 9.15 Å². The molecule has 1 amide bonds. The molecule has 0 aliphatic carbocycles. The molecule has 0 spiro atoms. The number of carbonyl (C=O) groups excluding carboxylic acids is 1. The van der Waals surface area contributed by atoms with Crippen LogP contribution in [0.5, 0.6) is 0 Å². The van der Waals surface area contributed by atoms with Crippen LogP contribution >= 0.6 is 0 Å². The van der Waals surface area contributed by atoms with Crippen LogP contribution in [0.4, 0.5) is 0 Å². The van der Waals surface area contributed by atoms with Crippen LogP contribution in [0.1, 0.15) is 12.2 Å². The molecule has 24 heavy (non-hydrogen) atoms. The topological polar surface area (TPSA) is 54.7 Å². The molecule has 5 nitrogen and oxygen atoms in total. The van der Waals surface area contributed by atoms with E-state index < -0.39 is 0 Å². The van der Waals surface area contributed by atoms with E-state index >= 15 is 0 Å². The van der Waals surface area contributed by atoms with Crippen molar-refractivity contribution in [3.05, 3.63) is 48.2 Å². The third kappa shape index (κ3) is 4.24. The molecule has 128 valence electrons. The molecule has 0 bridgehead atoms. The Labute approximate surface area is 142 Å². The first-order valence-electron chi connectivity index (χ1n) is 8.39. The lowest BCUT2D eigenvalue weighted by atomic mass is 10.1. The zero-order valence-electron chi connectivity index (χ0n) is 14.0. The van der Waals surface area contributed by atoms with Crippen LogP contribution in [-0.4, -0.2) is 44.2 Å². The van der Waals surface area contributed by atoms with E-state index in [0.29, 0.717) is 13.2 Å². The van der Waals surface area contributed by atoms with Gasteiger partial charge in [-0.1, -0.05) is 30.3 Å². The Morgan fingerprint density at radius 3 is 2.92 bits per heavy atom. The first kappa shape index (κ1) is 16.7. The van der Waals surface area contributed by atoms with Gasteiger partial charge in [-0.25, -0.2) is 0 Å². The summed E-state index contributed by atoms with van der Waals surface area (Å²) < 4.78 is 10.9. The van der Waals surface area contributed by atoms with Crippen molar-refractivity contribution in [1.82, 2.24) is 10.2 Å². The predicted octanol–water partition coefficient (Wildman–Crippen LogP) is 2.53. The van der Waals surface area contributed by atoms with E-state index in [9.17, 15) is 4.79 Å².